The number of hydrogen-bond acceptors (Lipinski definition) is 7. The van der Waals surface area contributed by atoms with E-state index in [1.807, 2.05) is 35.9 Å². The van der Waals surface area contributed by atoms with Crippen LogP contribution in [0.1, 0.15) is 12.1 Å². The van der Waals surface area contributed by atoms with Crippen molar-refractivity contribution in [2.45, 2.75) is 19.9 Å². The van der Waals surface area contributed by atoms with Crippen LogP contribution < -0.4 is 5.32 Å². The van der Waals surface area contributed by atoms with Gasteiger partial charge in [-0.1, -0.05) is 5.16 Å². The lowest BCUT2D eigenvalue weighted by atomic mass is 10.1. The molecule has 132 valence electrons. The summed E-state index contributed by atoms with van der Waals surface area (Å²) in [5, 5.41) is 7.19. The van der Waals surface area contributed by atoms with Crippen molar-refractivity contribution >= 4 is 5.95 Å². The van der Waals surface area contributed by atoms with Gasteiger partial charge in [-0.05, 0) is 25.5 Å². The molecule has 1 N–H and O–H groups in total. The Bertz CT molecular complexity index is 960. The van der Waals surface area contributed by atoms with Crippen LogP contribution in [0.2, 0.25) is 0 Å². The molecule has 0 amide bonds. The second-order valence-electron chi connectivity index (χ2n) is 5.85. The third-order valence-corrected chi connectivity index (χ3v) is 3.87. The lowest BCUT2D eigenvalue weighted by Gasteiger charge is -2.08. The summed E-state index contributed by atoms with van der Waals surface area (Å²) in [6.45, 7) is 3.50. The molecule has 0 spiro atoms. The molecule has 0 unspecified atom stereocenters. The normalized spacial score (nSPS) is 11.0. The van der Waals surface area contributed by atoms with Crippen LogP contribution >= 0.6 is 0 Å². The maximum Gasteiger partial charge on any atom is 0.223 e. The van der Waals surface area contributed by atoms with Gasteiger partial charge in [0.2, 0.25) is 5.95 Å². The highest BCUT2D eigenvalue weighted by atomic mass is 16.5. The summed E-state index contributed by atoms with van der Waals surface area (Å²) < 4.78 is 12.9. The van der Waals surface area contributed by atoms with E-state index < -0.39 is 0 Å². The Labute approximate surface area is 149 Å². The summed E-state index contributed by atoms with van der Waals surface area (Å²) in [6.07, 6.45) is 9.79. The van der Waals surface area contributed by atoms with Crippen LogP contribution in [0.5, 0.6) is 0 Å². The van der Waals surface area contributed by atoms with Gasteiger partial charge in [0.25, 0.3) is 0 Å². The molecule has 0 atom stereocenters. The summed E-state index contributed by atoms with van der Waals surface area (Å²) in [4.78, 5) is 13.0. The summed E-state index contributed by atoms with van der Waals surface area (Å²) in [5.41, 5.74) is 2.20. The van der Waals surface area contributed by atoms with Crippen LogP contribution in [0.15, 0.2) is 58.3 Å². The molecule has 0 radical (unpaired) electrons. The molecule has 0 bridgehead atoms. The number of nitrogens with zero attached hydrogens (tertiary/aromatic N) is 5. The van der Waals surface area contributed by atoms with Crippen molar-refractivity contribution in [2.75, 3.05) is 11.9 Å². The Morgan fingerprint density at radius 3 is 2.96 bits per heavy atom. The maximum absolute atomic E-state index is 5.53. The van der Waals surface area contributed by atoms with Crippen molar-refractivity contribution in [3.63, 3.8) is 0 Å². The zero-order valence-electron chi connectivity index (χ0n) is 14.3. The first-order valence-electron chi connectivity index (χ1n) is 8.34. The second kappa shape index (κ2) is 7.22. The first kappa shape index (κ1) is 16.1. The van der Waals surface area contributed by atoms with Gasteiger partial charge in [-0.3, -0.25) is 0 Å². The van der Waals surface area contributed by atoms with E-state index in [-0.39, 0.29) is 0 Å². The number of anilines is 1. The zero-order chi connectivity index (χ0) is 17.8. The molecule has 4 aromatic heterocycles. The molecule has 0 saturated heterocycles. The fraction of sp³-hybridized carbons (Fsp3) is 0.222. The molecule has 8 heteroatoms. The van der Waals surface area contributed by atoms with Gasteiger partial charge in [-0.25, -0.2) is 15.0 Å². The first-order chi connectivity index (χ1) is 12.8. The summed E-state index contributed by atoms with van der Waals surface area (Å²) in [7, 11) is 0. The molecule has 4 rings (SSSR count). The van der Waals surface area contributed by atoms with Crippen molar-refractivity contribution in [1.82, 2.24) is 24.7 Å². The highest BCUT2D eigenvalue weighted by molar-refractivity contribution is 5.75. The molecule has 0 fully saturated rings. The fourth-order valence-corrected chi connectivity index (χ4v) is 2.62. The van der Waals surface area contributed by atoms with E-state index in [1.54, 1.807) is 25.0 Å². The van der Waals surface area contributed by atoms with E-state index in [0.29, 0.717) is 23.2 Å². The predicted molar refractivity (Wildman–Crippen MR) is 95.3 cm³/mol. The SMILES string of the molecule is Cc1cc(-c2cnc(NCCCn3ccnc3)nc2-c2ccco2)on1. The Balaban J connectivity index is 1.52. The first-order valence-corrected chi connectivity index (χ1v) is 8.34. The number of aromatic nitrogens is 5. The van der Waals surface area contributed by atoms with Crippen molar-refractivity contribution in [3.8, 4) is 22.8 Å². The topological polar surface area (TPSA) is 94.8 Å². The molecule has 0 aliphatic heterocycles. The summed E-state index contributed by atoms with van der Waals surface area (Å²) in [5.74, 6) is 1.81. The lowest BCUT2D eigenvalue weighted by Crippen LogP contribution is -2.09. The van der Waals surface area contributed by atoms with Crippen LogP contribution in [-0.4, -0.2) is 31.2 Å². The highest BCUT2D eigenvalue weighted by Crippen LogP contribution is 2.31. The third-order valence-electron chi connectivity index (χ3n) is 3.87. The van der Waals surface area contributed by atoms with E-state index in [9.17, 15) is 0 Å². The minimum Gasteiger partial charge on any atom is -0.463 e. The molecule has 4 aromatic rings. The molecular weight excluding hydrogens is 332 g/mol. The van der Waals surface area contributed by atoms with Gasteiger partial charge in [-0.15, -0.1) is 0 Å². The van der Waals surface area contributed by atoms with Crippen molar-refractivity contribution < 1.29 is 8.94 Å². The number of rotatable bonds is 7. The molecule has 8 nitrogen and oxygen atoms in total. The molecule has 0 saturated carbocycles. The Hall–Kier alpha value is -3.42. The number of hydrogen-bond donors (Lipinski definition) is 1. The fourth-order valence-electron chi connectivity index (χ4n) is 2.62. The van der Waals surface area contributed by atoms with Gasteiger partial charge >= 0.3 is 0 Å². The van der Waals surface area contributed by atoms with E-state index in [4.69, 9.17) is 8.94 Å². The van der Waals surface area contributed by atoms with Gasteiger partial charge in [0.15, 0.2) is 11.5 Å². The Kier molecular flexibility index (Phi) is 4.46. The van der Waals surface area contributed by atoms with Crippen LogP contribution in [0.3, 0.4) is 0 Å². The average molecular weight is 350 g/mol. The standard InChI is InChI=1S/C18H18N6O2/c1-13-10-16(26-23-13)14-11-21-18(22-17(14)15-4-2-9-25-15)20-5-3-7-24-8-6-19-12-24/h2,4,6,8-12H,3,5,7H2,1H3,(H,20,21,22). The van der Waals surface area contributed by atoms with Crippen LogP contribution in [0, 0.1) is 6.92 Å². The molecular formula is C18H18N6O2. The van der Waals surface area contributed by atoms with Gasteiger partial charge in [0.05, 0.1) is 23.8 Å². The van der Waals surface area contributed by atoms with E-state index >= 15 is 0 Å². The molecule has 0 aromatic carbocycles. The molecule has 0 aliphatic carbocycles. The highest BCUT2D eigenvalue weighted by Gasteiger charge is 2.17. The second-order valence-corrected chi connectivity index (χ2v) is 5.85. The van der Waals surface area contributed by atoms with Crippen molar-refractivity contribution in [3.05, 3.63) is 55.1 Å². The van der Waals surface area contributed by atoms with Crippen LogP contribution in [0.4, 0.5) is 5.95 Å². The van der Waals surface area contributed by atoms with E-state index in [0.717, 1.165) is 30.8 Å². The molecule has 4 heterocycles. The number of nitrogens with one attached hydrogen (secondary N) is 1. The predicted octanol–water partition coefficient (Wildman–Crippen LogP) is 3.40. The monoisotopic (exact) mass is 350 g/mol. The van der Waals surface area contributed by atoms with Gasteiger partial charge in [0.1, 0.15) is 5.69 Å². The van der Waals surface area contributed by atoms with Crippen molar-refractivity contribution in [1.29, 1.82) is 0 Å². The minimum atomic E-state index is 0.544. The van der Waals surface area contributed by atoms with Crippen LogP contribution in [-0.2, 0) is 6.54 Å². The molecule has 0 aliphatic rings. The van der Waals surface area contributed by atoms with E-state index in [1.165, 1.54) is 0 Å². The number of furan rings is 1. The Morgan fingerprint density at radius 2 is 2.23 bits per heavy atom. The summed E-state index contributed by atoms with van der Waals surface area (Å²) >= 11 is 0. The third kappa shape index (κ3) is 3.49. The number of aryl methyl sites for hydroxylation is 2. The smallest absolute Gasteiger partial charge is 0.223 e. The van der Waals surface area contributed by atoms with Gasteiger partial charge in [-0.2, -0.15) is 0 Å². The van der Waals surface area contributed by atoms with Gasteiger partial charge < -0.3 is 18.8 Å². The lowest BCUT2D eigenvalue weighted by molar-refractivity contribution is 0.427. The van der Waals surface area contributed by atoms with Crippen LogP contribution in [0.25, 0.3) is 22.8 Å². The maximum atomic E-state index is 5.53. The largest absolute Gasteiger partial charge is 0.463 e. The minimum absolute atomic E-state index is 0.544. The quantitative estimate of drug-likeness (QED) is 0.510. The molecule has 26 heavy (non-hydrogen) atoms. The van der Waals surface area contributed by atoms with Gasteiger partial charge in [0, 0.05) is 37.7 Å². The van der Waals surface area contributed by atoms with E-state index in [2.05, 4.69) is 25.4 Å². The zero-order valence-corrected chi connectivity index (χ0v) is 14.3. The average Bonchev–Trinajstić information content (AvgIpc) is 3.41. The van der Waals surface area contributed by atoms with Crippen molar-refractivity contribution in [2.24, 2.45) is 0 Å². The number of imidazole rings is 1. The Morgan fingerprint density at radius 1 is 1.27 bits per heavy atom. The summed E-state index contributed by atoms with van der Waals surface area (Å²) in [6, 6.07) is 5.53.